The fourth-order valence-electron chi connectivity index (χ4n) is 2.15. The second-order valence-electron chi connectivity index (χ2n) is 4.68. The molecule has 0 aromatic heterocycles. The number of aliphatic imine (C=N–C) groups is 1. The van der Waals surface area contributed by atoms with Gasteiger partial charge in [-0.05, 0) is 11.6 Å². The monoisotopic (exact) mass is 318 g/mol. The van der Waals surface area contributed by atoms with Crippen molar-refractivity contribution in [2.45, 2.75) is 5.72 Å². The van der Waals surface area contributed by atoms with Gasteiger partial charge in [-0.15, -0.1) is 0 Å². The largest absolute Gasteiger partial charge is 0.366 e. The molecular weight excluding hydrogens is 300 g/mol. The van der Waals surface area contributed by atoms with Crippen LogP contribution >= 0.6 is 24.0 Å². The molecule has 110 valence electrons. The third-order valence-corrected chi connectivity index (χ3v) is 4.93. The number of thioether (sulfide) groups is 1. The Balaban J connectivity index is 2.31. The van der Waals surface area contributed by atoms with Crippen LogP contribution in [0, 0.1) is 0 Å². The molecule has 0 saturated carbocycles. The van der Waals surface area contributed by atoms with E-state index in [1.807, 2.05) is 41.3 Å². The lowest BCUT2D eigenvalue weighted by Crippen LogP contribution is -2.45. The quantitative estimate of drug-likeness (QED) is 0.514. The summed E-state index contributed by atoms with van der Waals surface area (Å²) < 4.78 is 0.697. The van der Waals surface area contributed by atoms with Gasteiger partial charge in [0.2, 0.25) is 0 Å². The van der Waals surface area contributed by atoms with Crippen molar-refractivity contribution in [2.75, 3.05) is 19.3 Å². The summed E-state index contributed by atoms with van der Waals surface area (Å²) in [5.74, 6) is 0.530. The number of benzene rings is 1. The van der Waals surface area contributed by atoms with Crippen molar-refractivity contribution in [3.8, 4) is 0 Å². The van der Waals surface area contributed by atoms with Gasteiger partial charge < -0.3 is 10.0 Å². The SMILES string of the molecule is C=C/C(=C\C=NC)CN1C(=S)SCC1(O)c1ccccc1. The maximum Gasteiger partial charge on any atom is 0.175 e. The van der Waals surface area contributed by atoms with Gasteiger partial charge in [-0.3, -0.25) is 4.99 Å². The Morgan fingerprint density at radius 1 is 1.52 bits per heavy atom. The molecule has 1 aliphatic heterocycles. The summed E-state index contributed by atoms with van der Waals surface area (Å²) in [5, 5.41) is 11.1. The van der Waals surface area contributed by atoms with E-state index >= 15 is 0 Å². The zero-order chi connectivity index (χ0) is 15.3. The van der Waals surface area contributed by atoms with Crippen LogP contribution in [0.1, 0.15) is 5.56 Å². The lowest BCUT2D eigenvalue weighted by molar-refractivity contribution is -0.0419. The van der Waals surface area contributed by atoms with Crippen LogP contribution in [0.25, 0.3) is 0 Å². The molecule has 0 spiro atoms. The molecule has 1 unspecified atom stereocenters. The van der Waals surface area contributed by atoms with Gasteiger partial charge in [0.25, 0.3) is 0 Å². The standard InChI is InChI=1S/C16H18N2OS2/c1-3-13(9-10-17-2)11-18-15(20)21-12-16(18,19)14-7-5-4-6-8-14/h3-10,19H,1,11-12H2,2H3/b13-9+,17-10?. The third kappa shape index (κ3) is 3.43. The van der Waals surface area contributed by atoms with Gasteiger partial charge in [-0.2, -0.15) is 0 Å². The van der Waals surface area contributed by atoms with Crippen molar-refractivity contribution in [3.63, 3.8) is 0 Å². The molecule has 0 bridgehead atoms. The Morgan fingerprint density at radius 2 is 2.24 bits per heavy atom. The van der Waals surface area contributed by atoms with E-state index in [1.54, 1.807) is 19.3 Å². The summed E-state index contributed by atoms with van der Waals surface area (Å²) in [5.41, 5.74) is 0.735. The number of thiocarbonyl (C=S) groups is 1. The van der Waals surface area contributed by atoms with Gasteiger partial charge in [0.15, 0.2) is 5.72 Å². The zero-order valence-corrected chi connectivity index (χ0v) is 13.5. The molecule has 1 atom stereocenters. The van der Waals surface area contributed by atoms with Crippen molar-refractivity contribution in [1.29, 1.82) is 0 Å². The summed E-state index contributed by atoms with van der Waals surface area (Å²) in [6.07, 6.45) is 5.35. The molecule has 2 rings (SSSR count). The highest BCUT2D eigenvalue weighted by Crippen LogP contribution is 2.39. The molecule has 21 heavy (non-hydrogen) atoms. The summed E-state index contributed by atoms with van der Waals surface area (Å²) in [6, 6.07) is 9.63. The van der Waals surface area contributed by atoms with Gasteiger partial charge >= 0.3 is 0 Å². The van der Waals surface area contributed by atoms with Crippen molar-refractivity contribution < 1.29 is 5.11 Å². The maximum atomic E-state index is 11.1. The molecule has 5 heteroatoms. The van der Waals surface area contributed by atoms with Crippen LogP contribution < -0.4 is 0 Å². The molecule has 1 aromatic carbocycles. The second kappa shape index (κ2) is 7.02. The molecule has 0 radical (unpaired) electrons. The summed E-state index contributed by atoms with van der Waals surface area (Å²) in [4.78, 5) is 5.79. The second-order valence-corrected chi connectivity index (χ2v) is 6.29. The summed E-state index contributed by atoms with van der Waals surface area (Å²) >= 11 is 6.90. The maximum absolute atomic E-state index is 11.1. The lowest BCUT2D eigenvalue weighted by Gasteiger charge is -2.34. The predicted molar refractivity (Wildman–Crippen MR) is 94.8 cm³/mol. The van der Waals surface area contributed by atoms with Crippen LogP contribution in [0.15, 0.2) is 59.6 Å². The van der Waals surface area contributed by atoms with E-state index in [9.17, 15) is 5.11 Å². The Morgan fingerprint density at radius 3 is 2.86 bits per heavy atom. The zero-order valence-electron chi connectivity index (χ0n) is 11.9. The highest BCUT2D eigenvalue weighted by Gasteiger charge is 2.43. The number of nitrogens with zero attached hydrogens (tertiary/aromatic N) is 2. The molecule has 1 aromatic rings. The smallest absolute Gasteiger partial charge is 0.175 e. The highest BCUT2D eigenvalue weighted by molar-refractivity contribution is 8.23. The fourth-order valence-corrected chi connectivity index (χ4v) is 3.56. The van der Waals surface area contributed by atoms with E-state index in [2.05, 4.69) is 11.6 Å². The summed E-state index contributed by atoms with van der Waals surface area (Å²) in [7, 11) is 1.72. The number of aliphatic hydroxyl groups is 1. The van der Waals surface area contributed by atoms with Crippen LogP contribution in [0.3, 0.4) is 0 Å². The van der Waals surface area contributed by atoms with E-state index in [1.165, 1.54) is 11.8 Å². The van der Waals surface area contributed by atoms with Gasteiger partial charge in [0.1, 0.15) is 4.32 Å². The first kappa shape index (κ1) is 15.9. The molecule has 0 amide bonds. The minimum Gasteiger partial charge on any atom is -0.366 e. The Kier molecular flexibility index (Phi) is 5.33. The van der Waals surface area contributed by atoms with E-state index in [-0.39, 0.29) is 0 Å². The Bertz CT molecular complexity index is 583. The van der Waals surface area contributed by atoms with E-state index in [0.29, 0.717) is 16.6 Å². The number of rotatable bonds is 5. The third-order valence-electron chi connectivity index (χ3n) is 3.34. The number of allylic oxidation sites excluding steroid dienone is 1. The minimum atomic E-state index is -1.07. The Labute approximate surface area is 135 Å². The van der Waals surface area contributed by atoms with Gasteiger partial charge in [0.05, 0.1) is 5.75 Å². The molecular formula is C16H18N2OS2. The first-order valence-corrected chi connectivity index (χ1v) is 7.97. The van der Waals surface area contributed by atoms with Crippen molar-refractivity contribution in [2.24, 2.45) is 4.99 Å². The number of hydrogen-bond donors (Lipinski definition) is 1. The van der Waals surface area contributed by atoms with Crippen molar-refractivity contribution in [1.82, 2.24) is 4.90 Å². The highest BCUT2D eigenvalue weighted by atomic mass is 32.2. The van der Waals surface area contributed by atoms with Crippen LogP contribution in [0.2, 0.25) is 0 Å². The average Bonchev–Trinajstić information content (AvgIpc) is 2.81. The molecule has 3 nitrogen and oxygen atoms in total. The first-order chi connectivity index (χ1) is 10.1. The topological polar surface area (TPSA) is 35.8 Å². The van der Waals surface area contributed by atoms with Gasteiger partial charge in [-0.25, -0.2) is 0 Å². The van der Waals surface area contributed by atoms with Crippen LogP contribution in [-0.2, 0) is 5.72 Å². The van der Waals surface area contributed by atoms with E-state index in [0.717, 1.165) is 11.1 Å². The molecule has 1 fully saturated rings. The van der Waals surface area contributed by atoms with Gasteiger partial charge in [0, 0.05) is 25.4 Å². The van der Waals surface area contributed by atoms with Crippen LogP contribution in [-0.4, -0.2) is 39.9 Å². The molecule has 1 aliphatic rings. The first-order valence-electron chi connectivity index (χ1n) is 6.58. The van der Waals surface area contributed by atoms with Gasteiger partial charge in [-0.1, -0.05) is 67.0 Å². The fraction of sp³-hybridized carbons (Fsp3) is 0.250. The van der Waals surface area contributed by atoms with Crippen molar-refractivity contribution >= 4 is 34.5 Å². The lowest BCUT2D eigenvalue weighted by atomic mass is 10.0. The number of hydrogen-bond acceptors (Lipinski definition) is 4. The molecule has 1 heterocycles. The minimum absolute atomic E-state index is 0.507. The van der Waals surface area contributed by atoms with E-state index in [4.69, 9.17) is 12.2 Å². The van der Waals surface area contributed by atoms with Crippen LogP contribution in [0.4, 0.5) is 0 Å². The predicted octanol–water partition coefficient (Wildman–Crippen LogP) is 2.98. The Hall–Kier alpha value is -1.43. The summed E-state index contributed by atoms with van der Waals surface area (Å²) in [6.45, 7) is 4.32. The van der Waals surface area contributed by atoms with Crippen LogP contribution in [0.5, 0.6) is 0 Å². The molecule has 1 N–H and O–H groups in total. The van der Waals surface area contributed by atoms with Crippen molar-refractivity contribution in [3.05, 3.63) is 60.2 Å². The molecule has 0 aliphatic carbocycles. The normalized spacial score (nSPS) is 23.0. The average molecular weight is 318 g/mol. The van der Waals surface area contributed by atoms with E-state index < -0.39 is 5.72 Å². The molecule has 1 saturated heterocycles.